The molecular weight excluding hydrogens is 286 g/mol. The fourth-order valence-corrected chi connectivity index (χ4v) is 3.10. The zero-order chi connectivity index (χ0) is 14.4. The Morgan fingerprint density at radius 3 is 2.50 bits per heavy atom. The summed E-state index contributed by atoms with van der Waals surface area (Å²) in [7, 11) is 0. The highest BCUT2D eigenvalue weighted by atomic mass is 35.5. The van der Waals surface area contributed by atoms with Gasteiger partial charge in [0.2, 0.25) is 0 Å². The maximum atomic E-state index is 5.99. The van der Waals surface area contributed by atoms with Gasteiger partial charge in [-0.15, -0.1) is 0 Å². The molecule has 0 amide bonds. The molecule has 20 heavy (non-hydrogen) atoms. The van der Waals surface area contributed by atoms with Gasteiger partial charge in [0.05, 0.1) is 0 Å². The first-order valence-corrected chi connectivity index (χ1v) is 8.47. The highest BCUT2D eigenvalue weighted by molar-refractivity contribution is 7.07. The minimum absolute atomic E-state index is 0.519. The maximum absolute atomic E-state index is 5.99. The SMILES string of the molecule is CC(C)NCC(CCc1ccsc1)c1ccc(Cl)cc1. The van der Waals surface area contributed by atoms with Crippen molar-refractivity contribution in [1.82, 2.24) is 5.32 Å². The largest absolute Gasteiger partial charge is 0.314 e. The van der Waals surface area contributed by atoms with E-state index in [0.29, 0.717) is 12.0 Å². The molecular formula is C17H22ClNS. The van der Waals surface area contributed by atoms with Crippen LogP contribution in [-0.4, -0.2) is 12.6 Å². The molecule has 1 aromatic carbocycles. The van der Waals surface area contributed by atoms with Crippen LogP contribution in [0.4, 0.5) is 0 Å². The first kappa shape index (κ1) is 15.6. The number of benzene rings is 1. The number of rotatable bonds is 7. The van der Waals surface area contributed by atoms with Gasteiger partial charge in [-0.3, -0.25) is 0 Å². The Labute approximate surface area is 131 Å². The molecule has 3 heteroatoms. The van der Waals surface area contributed by atoms with E-state index in [9.17, 15) is 0 Å². The smallest absolute Gasteiger partial charge is 0.0406 e. The van der Waals surface area contributed by atoms with Gasteiger partial charge in [0, 0.05) is 17.6 Å². The van der Waals surface area contributed by atoms with Crippen LogP contribution in [0, 0.1) is 0 Å². The fraction of sp³-hybridized carbons (Fsp3) is 0.412. The molecule has 108 valence electrons. The van der Waals surface area contributed by atoms with Crippen LogP contribution in [0.1, 0.15) is 37.3 Å². The lowest BCUT2D eigenvalue weighted by Crippen LogP contribution is -2.28. The van der Waals surface area contributed by atoms with E-state index in [-0.39, 0.29) is 0 Å². The van der Waals surface area contributed by atoms with Crippen LogP contribution in [0.3, 0.4) is 0 Å². The van der Waals surface area contributed by atoms with Crippen molar-refractivity contribution in [3.8, 4) is 0 Å². The molecule has 0 bridgehead atoms. The van der Waals surface area contributed by atoms with Crippen LogP contribution in [0.25, 0.3) is 0 Å². The van der Waals surface area contributed by atoms with Crippen molar-refractivity contribution in [3.05, 3.63) is 57.2 Å². The lowest BCUT2D eigenvalue weighted by atomic mass is 9.92. The van der Waals surface area contributed by atoms with Crippen molar-refractivity contribution < 1.29 is 0 Å². The zero-order valence-corrected chi connectivity index (χ0v) is 13.7. The number of thiophene rings is 1. The van der Waals surface area contributed by atoms with Crippen LogP contribution < -0.4 is 5.32 Å². The summed E-state index contributed by atoms with van der Waals surface area (Å²) in [5, 5.41) is 8.76. The van der Waals surface area contributed by atoms with Crippen molar-refractivity contribution in [1.29, 1.82) is 0 Å². The van der Waals surface area contributed by atoms with Crippen molar-refractivity contribution in [3.63, 3.8) is 0 Å². The first-order chi connectivity index (χ1) is 9.65. The molecule has 0 aliphatic carbocycles. The van der Waals surface area contributed by atoms with Gasteiger partial charge in [-0.05, 0) is 58.8 Å². The summed E-state index contributed by atoms with van der Waals surface area (Å²) < 4.78 is 0. The molecule has 2 aromatic rings. The molecule has 0 saturated heterocycles. The minimum Gasteiger partial charge on any atom is -0.314 e. The van der Waals surface area contributed by atoms with Gasteiger partial charge in [-0.2, -0.15) is 11.3 Å². The first-order valence-electron chi connectivity index (χ1n) is 7.15. The second-order valence-corrected chi connectivity index (χ2v) is 6.70. The van der Waals surface area contributed by atoms with Gasteiger partial charge in [-0.25, -0.2) is 0 Å². The fourth-order valence-electron chi connectivity index (χ4n) is 2.28. The molecule has 0 aliphatic heterocycles. The van der Waals surface area contributed by atoms with Crippen molar-refractivity contribution in [2.24, 2.45) is 0 Å². The standard InChI is InChI=1S/C17H22ClNS/c1-13(2)19-11-16(4-3-14-9-10-20-12-14)15-5-7-17(18)8-6-15/h5-10,12-13,16,19H,3-4,11H2,1-2H3. The summed E-state index contributed by atoms with van der Waals surface area (Å²) in [4.78, 5) is 0. The molecule has 0 aliphatic rings. The van der Waals surface area contributed by atoms with E-state index in [1.54, 1.807) is 11.3 Å². The number of hydrogen-bond acceptors (Lipinski definition) is 2. The monoisotopic (exact) mass is 307 g/mol. The van der Waals surface area contributed by atoms with E-state index in [0.717, 1.165) is 24.4 Å². The van der Waals surface area contributed by atoms with Gasteiger partial charge in [0.1, 0.15) is 0 Å². The maximum Gasteiger partial charge on any atom is 0.0406 e. The number of hydrogen-bond donors (Lipinski definition) is 1. The van der Waals surface area contributed by atoms with Crippen LogP contribution in [0.2, 0.25) is 5.02 Å². The summed E-state index contributed by atoms with van der Waals surface area (Å²) in [6, 6.07) is 11.0. The number of halogens is 1. The van der Waals surface area contributed by atoms with Gasteiger partial charge in [0.15, 0.2) is 0 Å². The van der Waals surface area contributed by atoms with E-state index in [1.807, 2.05) is 12.1 Å². The van der Waals surface area contributed by atoms with E-state index in [1.165, 1.54) is 11.1 Å². The average Bonchev–Trinajstić information content (AvgIpc) is 2.93. The lowest BCUT2D eigenvalue weighted by molar-refractivity contribution is 0.508. The Morgan fingerprint density at radius 2 is 1.90 bits per heavy atom. The third kappa shape index (κ3) is 4.93. The summed E-state index contributed by atoms with van der Waals surface area (Å²) in [5.41, 5.74) is 2.82. The third-order valence-corrected chi connectivity index (χ3v) is 4.46. The Kier molecular flexibility index (Phi) is 6.08. The minimum atomic E-state index is 0.519. The Balaban J connectivity index is 2.01. The van der Waals surface area contributed by atoms with Gasteiger partial charge in [-0.1, -0.05) is 37.6 Å². The van der Waals surface area contributed by atoms with Gasteiger partial charge < -0.3 is 5.32 Å². The van der Waals surface area contributed by atoms with Gasteiger partial charge in [0.25, 0.3) is 0 Å². The van der Waals surface area contributed by atoms with E-state index >= 15 is 0 Å². The third-order valence-electron chi connectivity index (χ3n) is 3.48. The predicted octanol–water partition coefficient (Wildman–Crippen LogP) is 5.12. The van der Waals surface area contributed by atoms with Crippen LogP contribution in [-0.2, 0) is 6.42 Å². The second kappa shape index (κ2) is 7.82. The molecule has 0 spiro atoms. The van der Waals surface area contributed by atoms with Gasteiger partial charge >= 0.3 is 0 Å². The summed E-state index contributed by atoms with van der Waals surface area (Å²) in [6.45, 7) is 5.40. The molecule has 1 unspecified atom stereocenters. The van der Waals surface area contributed by atoms with E-state index in [2.05, 4.69) is 48.1 Å². The number of nitrogens with one attached hydrogen (secondary N) is 1. The normalized spacial score (nSPS) is 12.8. The average molecular weight is 308 g/mol. The lowest BCUT2D eigenvalue weighted by Gasteiger charge is -2.20. The topological polar surface area (TPSA) is 12.0 Å². The molecule has 0 fully saturated rings. The van der Waals surface area contributed by atoms with Crippen LogP contribution in [0.5, 0.6) is 0 Å². The zero-order valence-electron chi connectivity index (χ0n) is 12.1. The van der Waals surface area contributed by atoms with Crippen molar-refractivity contribution in [2.45, 2.75) is 38.6 Å². The molecule has 1 atom stereocenters. The predicted molar refractivity (Wildman–Crippen MR) is 90.0 cm³/mol. The molecule has 2 rings (SSSR count). The van der Waals surface area contributed by atoms with E-state index in [4.69, 9.17) is 11.6 Å². The summed E-state index contributed by atoms with van der Waals surface area (Å²) in [6.07, 6.45) is 2.30. The summed E-state index contributed by atoms with van der Waals surface area (Å²) in [5.74, 6) is 0.537. The Hall–Kier alpha value is -0.830. The molecule has 1 heterocycles. The molecule has 1 nitrogen and oxygen atoms in total. The molecule has 1 aromatic heterocycles. The number of aryl methyl sites for hydroxylation is 1. The summed E-state index contributed by atoms with van der Waals surface area (Å²) >= 11 is 7.76. The Morgan fingerprint density at radius 1 is 1.15 bits per heavy atom. The second-order valence-electron chi connectivity index (χ2n) is 5.48. The van der Waals surface area contributed by atoms with Crippen molar-refractivity contribution >= 4 is 22.9 Å². The van der Waals surface area contributed by atoms with Crippen LogP contribution in [0.15, 0.2) is 41.1 Å². The quantitative estimate of drug-likeness (QED) is 0.749. The van der Waals surface area contributed by atoms with Crippen LogP contribution >= 0.6 is 22.9 Å². The highest BCUT2D eigenvalue weighted by Gasteiger charge is 2.12. The Bertz CT molecular complexity index is 490. The molecule has 1 N–H and O–H groups in total. The highest BCUT2D eigenvalue weighted by Crippen LogP contribution is 2.23. The molecule has 0 saturated carbocycles. The van der Waals surface area contributed by atoms with E-state index < -0.39 is 0 Å². The van der Waals surface area contributed by atoms with Crippen molar-refractivity contribution in [2.75, 3.05) is 6.54 Å². The molecule has 0 radical (unpaired) electrons.